The smallest absolute Gasteiger partial charge is 0.334 e. The number of aliphatic hydroxyl groups is 6. The van der Waals surface area contributed by atoms with Gasteiger partial charge in [0.2, 0.25) is 6.29 Å². The van der Waals surface area contributed by atoms with Crippen molar-refractivity contribution in [3.8, 4) is 0 Å². The predicted octanol–water partition coefficient (Wildman–Crippen LogP) is -3.94. The Labute approximate surface area is 158 Å². The lowest BCUT2D eigenvalue weighted by molar-refractivity contribution is -0.346. The molecule has 0 amide bonds. The number of fused-ring (bicyclic) bond motifs is 1. The van der Waals surface area contributed by atoms with Gasteiger partial charge < -0.3 is 50.0 Å². The number of carboxylic acids is 1. The number of Topliss-reactive ketones (excluding diaryl/α,β-unsaturated/α-hetero) is 1. The van der Waals surface area contributed by atoms with E-state index in [-0.39, 0.29) is 12.0 Å². The summed E-state index contributed by atoms with van der Waals surface area (Å²) in [5, 5.41) is 68.4. The zero-order chi connectivity index (χ0) is 20.8. The number of carbonyl (C=O) groups is 2. The van der Waals surface area contributed by atoms with Crippen LogP contribution in [0.4, 0.5) is 0 Å². The van der Waals surface area contributed by atoms with Crippen LogP contribution in [0.2, 0.25) is 0 Å². The van der Waals surface area contributed by atoms with E-state index in [1.807, 2.05) is 0 Å². The van der Waals surface area contributed by atoms with E-state index >= 15 is 0 Å². The van der Waals surface area contributed by atoms with E-state index in [1.165, 1.54) is 0 Å². The monoisotopic (exact) mass is 406 g/mol. The van der Waals surface area contributed by atoms with Crippen molar-refractivity contribution in [2.75, 3.05) is 13.2 Å². The van der Waals surface area contributed by atoms with Crippen LogP contribution in [-0.4, -0.2) is 103 Å². The molecule has 158 valence electrons. The highest BCUT2D eigenvalue weighted by Gasteiger charge is 2.62. The lowest BCUT2D eigenvalue weighted by Crippen LogP contribution is -2.61. The van der Waals surface area contributed by atoms with E-state index < -0.39 is 79.4 Å². The molecule has 3 aliphatic rings. The van der Waals surface area contributed by atoms with Crippen LogP contribution in [0.5, 0.6) is 0 Å². The average Bonchev–Trinajstić information content (AvgIpc) is 2.93. The minimum absolute atomic E-state index is 0.295. The third-order valence-corrected chi connectivity index (χ3v) is 5.50. The van der Waals surface area contributed by atoms with Crippen molar-refractivity contribution < 1.29 is 59.5 Å². The molecule has 3 rings (SSSR count). The number of rotatable bonds is 5. The number of hydrogen-bond acceptors (Lipinski definition) is 11. The van der Waals surface area contributed by atoms with Crippen LogP contribution < -0.4 is 0 Å². The second-order valence-electron chi connectivity index (χ2n) is 7.06. The van der Waals surface area contributed by atoms with Gasteiger partial charge in [0.15, 0.2) is 17.7 Å². The van der Waals surface area contributed by atoms with Crippen LogP contribution >= 0.6 is 0 Å². The van der Waals surface area contributed by atoms with Gasteiger partial charge in [0.05, 0.1) is 31.0 Å². The van der Waals surface area contributed by atoms with Crippen LogP contribution in [-0.2, 0) is 23.8 Å². The molecule has 1 saturated heterocycles. The van der Waals surface area contributed by atoms with Gasteiger partial charge in [0.1, 0.15) is 24.4 Å². The van der Waals surface area contributed by atoms with Gasteiger partial charge in [-0.25, -0.2) is 4.79 Å². The first-order valence-electron chi connectivity index (χ1n) is 8.57. The highest BCUT2D eigenvalue weighted by molar-refractivity contribution is 5.95. The molecule has 0 aromatic heterocycles. The van der Waals surface area contributed by atoms with E-state index in [0.717, 1.165) is 6.26 Å². The summed E-state index contributed by atoms with van der Waals surface area (Å²) in [6.45, 7) is -1.72. The van der Waals surface area contributed by atoms with Crippen molar-refractivity contribution in [3.63, 3.8) is 0 Å². The van der Waals surface area contributed by atoms with E-state index in [9.17, 15) is 45.3 Å². The van der Waals surface area contributed by atoms with Gasteiger partial charge in [-0.1, -0.05) is 0 Å². The normalized spacial score (nSPS) is 45.9. The maximum Gasteiger partial charge on any atom is 0.334 e. The molecule has 2 fully saturated rings. The topological polar surface area (TPSA) is 203 Å². The minimum atomic E-state index is -2.35. The van der Waals surface area contributed by atoms with Crippen molar-refractivity contribution in [1.29, 1.82) is 0 Å². The summed E-state index contributed by atoms with van der Waals surface area (Å²) in [5.41, 5.74) is -2.64. The molecule has 0 radical (unpaired) electrons. The molecule has 1 aliphatic carbocycles. The van der Waals surface area contributed by atoms with Crippen LogP contribution in [0, 0.1) is 11.8 Å². The maximum absolute atomic E-state index is 12.2. The zero-order valence-electron chi connectivity index (χ0n) is 14.5. The van der Waals surface area contributed by atoms with E-state index in [0.29, 0.717) is 0 Å². The number of aliphatic carboxylic acids is 1. The Morgan fingerprint density at radius 3 is 2.43 bits per heavy atom. The molecule has 9 atom stereocenters. The fourth-order valence-electron chi connectivity index (χ4n) is 3.88. The number of carboxylic acid groups (broad SMARTS) is 1. The summed E-state index contributed by atoms with van der Waals surface area (Å²) in [6.07, 6.45) is -9.11. The number of aliphatic hydroxyl groups excluding tert-OH is 5. The van der Waals surface area contributed by atoms with E-state index in [2.05, 4.69) is 0 Å². The highest BCUT2D eigenvalue weighted by atomic mass is 16.8. The van der Waals surface area contributed by atoms with Crippen LogP contribution in [0.25, 0.3) is 0 Å². The van der Waals surface area contributed by atoms with Gasteiger partial charge >= 0.3 is 5.97 Å². The van der Waals surface area contributed by atoms with Crippen molar-refractivity contribution in [3.05, 3.63) is 11.8 Å². The third-order valence-electron chi connectivity index (χ3n) is 5.50. The Morgan fingerprint density at radius 2 is 1.86 bits per heavy atom. The molecule has 9 unspecified atom stereocenters. The fourth-order valence-corrected chi connectivity index (χ4v) is 3.88. The van der Waals surface area contributed by atoms with Gasteiger partial charge in [0, 0.05) is 12.3 Å². The summed E-state index contributed by atoms with van der Waals surface area (Å²) in [5.74, 6) is -4.56. The second kappa shape index (κ2) is 7.65. The first kappa shape index (κ1) is 21.1. The maximum atomic E-state index is 12.2. The molecular formula is C16H22O12. The summed E-state index contributed by atoms with van der Waals surface area (Å²) < 4.78 is 15.9. The fraction of sp³-hybridized carbons (Fsp3) is 0.750. The quantitative estimate of drug-likeness (QED) is 0.234. The van der Waals surface area contributed by atoms with Gasteiger partial charge in [-0.05, 0) is 0 Å². The summed E-state index contributed by atoms with van der Waals surface area (Å²) >= 11 is 0. The van der Waals surface area contributed by atoms with Crippen molar-refractivity contribution in [1.82, 2.24) is 0 Å². The first-order chi connectivity index (χ1) is 13.2. The zero-order valence-corrected chi connectivity index (χ0v) is 14.5. The van der Waals surface area contributed by atoms with Gasteiger partial charge in [0.25, 0.3) is 0 Å². The van der Waals surface area contributed by atoms with Crippen LogP contribution in [0.15, 0.2) is 11.8 Å². The Bertz CT molecular complexity index is 662. The molecule has 1 saturated carbocycles. The number of hydrogen-bond donors (Lipinski definition) is 7. The Balaban J connectivity index is 1.89. The van der Waals surface area contributed by atoms with Crippen molar-refractivity contribution in [2.45, 2.75) is 49.0 Å². The minimum Gasteiger partial charge on any atom is -0.478 e. The van der Waals surface area contributed by atoms with Gasteiger partial charge in [-0.3, -0.25) is 4.79 Å². The van der Waals surface area contributed by atoms with Crippen molar-refractivity contribution in [2.24, 2.45) is 11.8 Å². The highest BCUT2D eigenvalue weighted by Crippen LogP contribution is 2.47. The molecule has 2 aliphatic heterocycles. The second-order valence-corrected chi connectivity index (χ2v) is 7.06. The number of ketones is 1. The first-order valence-corrected chi connectivity index (χ1v) is 8.57. The van der Waals surface area contributed by atoms with Crippen molar-refractivity contribution >= 4 is 11.8 Å². The van der Waals surface area contributed by atoms with Gasteiger partial charge in [-0.15, -0.1) is 0 Å². The molecule has 2 heterocycles. The van der Waals surface area contributed by atoms with Gasteiger partial charge in [-0.2, -0.15) is 0 Å². The molecule has 0 bridgehead atoms. The molecule has 0 spiro atoms. The lowest BCUT2D eigenvalue weighted by Gasteiger charge is -2.43. The lowest BCUT2D eigenvalue weighted by atomic mass is 9.80. The standard InChI is InChI=1S/C16H22O12/c17-2-7-10(20)11(21)12(22)15(27-7)28-14-9-5(6(3-26-14)13(23)24)1-8(19)16(9,25)4-18/h3,5,7,9-12,14-15,17-18,20-22,25H,1-2,4H2,(H,23,24). The largest absolute Gasteiger partial charge is 0.478 e. The molecule has 0 aromatic carbocycles. The molecule has 12 heteroatoms. The molecule has 7 N–H and O–H groups in total. The molecule has 0 aromatic rings. The molecule has 12 nitrogen and oxygen atoms in total. The summed E-state index contributed by atoms with van der Waals surface area (Å²) in [7, 11) is 0. The Kier molecular flexibility index (Phi) is 5.76. The average molecular weight is 406 g/mol. The Hall–Kier alpha value is -1.64. The predicted molar refractivity (Wildman–Crippen MR) is 84.1 cm³/mol. The van der Waals surface area contributed by atoms with Crippen LogP contribution in [0.3, 0.4) is 0 Å². The van der Waals surface area contributed by atoms with E-state index in [1.54, 1.807) is 0 Å². The number of carbonyl (C=O) groups excluding carboxylic acids is 1. The van der Waals surface area contributed by atoms with Crippen LogP contribution in [0.1, 0.15) is 6.42 Å². The molecule has 28 heavy (non-hydrogen) atoms. The number of ether oxygens (including phenoxy) is 3. The molecular weight excluding hydrogens is 384 g/mol. The van der Waals surface area contributed by atoms with E-state index in [4.69, 9.17) is 14.2 Å². The SMILES string of the molecule is O=C(O)C1=COC(OC2OC(CO)C(O)C(O)C2O)C2C1CC(=O)C2(O)CO. The Morgan fingerprint density at radius 1 is 1.18 bits per heavy atom. The summed E-state index contributed by atoms with van der Waals surface area (Å²) in [4.78, 5) is 23.6. The summed E-state index contributed by atoms with van der Waals surface area (Å²) in [6, 6.07) is 0. The third kappa shape index (κ3) is 3.21.